The monoisotopic (exact) mass is 247 g/mol. The molecular formula is C15H18FNO. The van der Waals surface area contributed by atoms with Crippen LogP contribution in [0.25, 0.3) is 0 Å². The Morgan fingerprint density at radius 1 is 1.17 bits per heavy atom. The van der Waals surface area contributed by atoms with Gasteiger partial charge in [-0.05, 0) is 32.0 Å². The zero-order valence-corrected chi connectivity index (χ0v) is 10.7. The second-order valence-electron chi connectivity index (χ2n) is 4.59. The molecule has 0 aliphatic heterocycles. The zero-order chi connectivity index (χ0) is 13.0. The van der Waals surface area contributed by atoms with Gasteiger partial charge in [-0.15, -0.1) is 0 Å². The second kappa shape index (κ2) is 5.83. The highest BCUT2D eigenvalue weighted by molar-refractivity contribution is 5.20. The summed E-state index contributed by atoms with van der Waals surface area (Å²) in [7, 11) is 0. The van der Waals surface area contributed by atoms with Crippen molar-refractivity contribution in [3.63, 3.8) is 0 Å². The van der Waals surface area contributed by atoms with E-state index in [1.54, 1.807) is 12.3 Å². The van der Waals surface area contributed by atoms with Crippen LogP contribution in [0.2, 0.25) is 0 Å². The van der Waals surface area contributed by atoms with E-state index in [1.165, 1.54) is 6.07 Å². The minimum Gasteiger partial charge on any atom is -0.469 e. The maximum atomic E-state index is 13.6. The number of halogens is 1. The standard InChI is InChI=1S/C15H18FNO/c1-11(10-13-6-5-9-18-13)17-12(2)14-7-3-4-8-15(14)16/h3-9,11-12,17H,10H2,1-2H3. The van der Waals surface area contributed by atoms with Crippen LogP contribution in [0.3, 0.4) is 0 Å². The molecular weight excluding hydrogens is 229 g/mol. The normalized spacial score (nSPS) is 14.4. The van der Waals surface area contributed by atoms with Gasteiger partial charge < -0.3 is 9.73 Å². The average Bonchev–Trinajstić information content (AvgIpc) is 2.82. The van der Waals surface area contributed by atoms with Gasteiger partial charge in [-0.3, -0.25) is 0 Å². The number of furan rings is 1. The molecule has 96 valence electrons. The van der Waals surface area contributed by atoms with Gasteiger partial charge in [-0.2, -0.15) is 0 Å². The van der Waals surface area contributed by atoms with Crippen molar-refractivity contribution in [2.24, 2.45) is 0 Å². The molecule has 2 rings (SSSR count). The van der Waals surface area contributed by atoms with Gasteiger partial charge in [-0.1, -0.05) is 18.2 Å². The number of nitrogens with one attached hydrogen (secondary N) is 1. The number of hydrogen-bond acceptors (Lipinski definition) is 2. The van der Waals surface area contributed by atoms with E-state index in [9.17, 15) is 4.39 Å². The van der Waals surface area contributed by atoms with E-state index in [2.05, 4.69) is 12.2 Å². The quantitative estimate of drug-likeness (QED) is 0.871. The van der Waals surface area contributed by atoms with Crippen LogP contribution < -0.4 is 5.32 Å². The largest absolute Gasteiger partial charge is 0.469 e. The van der Waals surface area contributed by atoms with Gasteiger partial charge in [0.25, 0.3) is 0 Å². The first-order valence-corrected chi connectivity index (χ1v) is 6.19. The van der Waals surface area contributed by atoms with E-state index in [0.717, 1.165) is 12.2 Å². The first-order valence-electron chi connectivity index (χ1n) is 6.19. The highest BCUT2D eigenvalue weighted by atomic mass is 19.1. The maximum Gasteiger partial charge on any atom is 0.127 e. The first-order chi connectivity index (χ1) is 8.66. The molecule has 2 unspecified atom stereocenters. The third-order valence-electron chi connectivity index (χ3n) is 2.99. The van der Waals surface area contributed by atoms with Gasteiger partial charge in [0, 0.05) is 24.1 Å². The molecule has 0 saturated heterocycles. The van der Waals surface area contributed by atoms with E-state index >= 15 is 0 Å². The van der Waals surface area contributed by atoms with Crippen LogP contribution in [0.1, 0.15) is 31.2 Å². The molecule has 0 amide bonds. The first kappa shape index (κ1) is 12.8. The van der Waals surface area contributed by atoms with Crippen molar-refractivity contribution in [1.82, 2.24) is 5.32 Å². The minimum absolute atomic E-state index is 0.0174. The Labute approximate surface area is 107 Å². The number of hydrogen-bond donors (Lipinski definition) is 1. The van der Waals surface area contributed by atoms with E-state index in [0.29, 0.717) is 5.56 Å². The SMILES string of the molecule is CC(Cc1ccco1)NC(C)c1ccccc1F. The molecule has 1 aromatic heterocycles. The molecule has 18 heavy (non-hydrogen) atoms. The third-order valence-corrected chi connectivity index (χ3v) is 2.99. The van der Waals surface area contributed by atoms with Gasteiger partial charge in [0.1, 0.15) is 11.6 Å². The lowest BCUT2D eigenvalue weighted by Gasteiger charge is -2.20. The molecule has 0 aliphatic rings. The number of rotatable bonds is 5. The predicted molar refractivity (Wildman–Crippen MR) is 69.8 cm³/mol. The van der Waals surface area contributed by atoms with Crippen LogP contribution in [-0.4, -0.2) is 6.04 Å². The molecule has 2 nitrogen and oxygen atoms in total. The van der Waals surface area contributed by atoms with Gasteiger partial charge >= 0.3 is 0 Å². The van der Waals surface area contributed by atoms with Crippen LogP contribution in [0, 0.1) is 5.82 Å². The topological polar surface area (TPSA) is 25.2 Å². The fraction of sp³-hybridized carbons (Fsp3) is 0.333. The Bertz CT molecular complexity index is 481. The van der Waals surface area contributed by atoms with E-state index in [4.69, 9.17) is 4.42 Å². The molecule has 2 aromatic rings. The molecule has 1 N–H and O–H groups in total. The van der Waals surface area contributed by atoms with Gasteiger partial charge in [0.05, 0.1) is 6.26 Å². The van der Waals surface area contributed by atoms with E-state index in [-0.39, 0.29) is 17.9 Å². The molecule has 0 aliphatic carbocycles. The Kier molecular flexibility index (Phi) is 4.15. The molecule has 0 fully saturated rings. The molecule has 3 heteroatoms. The summed E-state index contributed by atoms with van der Waals surface area (Å²) in [6.07, 6.45) is 2.47. The summed E-state index contributed by atoms with van der Waals surface area (Å²) in [5.41, 5.74) is 0.698. The molecule has 1 aromatic carbocycles. The fourth-order valence-corrected chi connectivity index (χ4v) is 2.13. The lowest BCUT2D eigenvalue weighted by Crippen LogP contribution is -2.31. The molecule has 0 saturated carbocycles. The molecule has 0 bridgehead atoms. The zero-order valence-electron chi connectivity index (χ0n) is 10.7. The van der Waals surface area contributed by atoms with Crippen molar-refractivity contribution in [2.45, 2.75) is 32.4 Å². The average molecular weight is 247 g/mol. The molecule has 0 spiro atoms. The van der Waals surface area contributed by atoms with Crippen molar-refractivity contribution < 1.29 is 8.81 Å². The Morgan fingerprint density at radius 2 is 1.94 bits per heavy atom. The summed E-state index contributed by atoms with van der Waals surface area (Å²) in [5.74, 6) is 0.776. The van der Waals surface area contributed by atoms with Crippen molar-refractivity contribution in [3.05, 3.63) is 59.8 Å². The van der Waals surface area contributed by atoms with Gasteiger partial charge in [0.15, 0.2) is 0 Å². The predicted octanol–water partition coefficient (Wildman–Crippen LogP) is 3.70. The fourth-order valence-electron chi connectivity index (χ4n) is 2.13. The lowest BCUT2D eigenvalue weighted by molar-refractivity contribution is 0.422. The summed E-state index contributed by atoms with van der Waals surface area (Å²) >= 11 is 0. The summed E-state index contributed by atoms with van der Waals surface area (Å²) in [4.78, 5) is 0. The highest BCUT2D eigenvalue weighted by Crippen LogP contribution is 2.17. The van der Waals surface area contributed by atoms with Crippen molar-refractivity contribution in [1.29, 1.82) is 0 Å². The molecule has 1 heterocycles. The molecule has 2 atom stereocenters. The maximum absolute atomic E-state index is 13.6. The van der Waals surface area contributed by atoms with Crippen LogP contribution in [-0.2, 0) is 6.42 Å². The smallest absolute Gasteiger partial charge is 0.127 e. The van der Waals surface area contributed by atoms with Crippen molar-refractivity contribution in [3.8, 4) is 0 Å². The third kappa shape index (κ3) is 3.20. The Hall–Kier alpha value is -1.61. The van der Waals surface area contributed by atoms with Gasteiger partial charge in [0.2, 0.25) is 0 Å². The summed E-state index contributed by atoms with van der Waals surface area (Å²) in [6.45, 7) is 4.04. The van der Waals surface area contributed by atoms with E-state index < -0.39 is 0 Å². The highest BCUT2D eigenvalue weighted by Gasteiger charge is 2.13. The van der Waals surface area contributed by atoms with Gasteiger partial charge in [-0.25, -0.2) is 4.39 Å². The second-order valence-corrected chi connectivity index (χ2v) is 4.59. The van der Waals surface area contributed by atoms with Crippen molar-refractivity contribution in [2.75, 3.05) is 0 Å². The van der Waals surface area contributed by atoms with E-state index in [1.807, 2.05) is 31.2 Å². The van der Waals surface area contributed by atoms with Crippen LogP contribution >= 0.6 is 0 Å². The minimum atomic E-state index is -0.164. The Morgan fingerprint density at radius 3 is 2.61 bits per heavy atom. The summed E-state index contributed by atoms with van der Waals surface area (Å²) in [5, 5.41) is 3.38. The van der Waals surface area contributed by atoms with Crippen LogP contribution in [0.4, 0.5) is 4.39 Å². The van der Waals surface area contributed by atoms with Crippen molar-refractivity contribution >= 4 is 0 Å². The lowest BCUT2D eigenvalue weighted by atomic mass is 10.1. The van der Waals surface area contributed by atoms with Crippen LogP contribution in [0.5, 0.6) is 0 Å². The number of benzene rings is 1. The Balaban J connectivity index is 1.95. The van der Waals surface area contributed by atoms with Crippen LogP contribution in [0.15, 0.2) is 47.1 Å². The summed E-state index contributed by atoms with van der Waals surface area (Å²) < 4.78 is 18.9. The summed E-state index contributed by atoms with van der Waals surface area (Å²) in [6, 6.07) is 10.9. The molecule has 0 radical (unpaired) electrons.